The second kappa shape index (κ2) is 5.31. The molecule has 2 rings (SSSR count). The summed E-state index contributed by atoms with van der Waals surface area (Å²) < 4.78 is 0. The van der Waals surface area contributed by atoms with E-state index in [0.29, 0.717) is 6.04 Å². The molecule has 0 aromatic heterocycles. The molecule has 1 aliphatic rings. The van der Waals surface area contributed by atoms with Gasteiger partial charge in [0.2, 0.25) is 0 Å². The van der Waals surface area contributed by atoms with Gasteiger partial charge in [0.15, 0.2) is 0 Å². The van der Waals surface area contributed by atoms with Gasteiger partial charge in [-0.05, 0) is 45.2 Å². The van der Waals surface area contributed by atoms with Gasteiger partial charge in [0.05, 0.1) is 0 Å². The van der Waals surface area contributed by atoms with Gasteiger partial charge in [0, 0.05) is 6.04 Å². The largest absolute Gasteiger partial charge is 0.313 e. The van der Waals surface area contributed by atoms with E-state index >= 15 is 0 Å². The minimum absolute atomic E-state index is 0.533. The van der Waals surface area contributed by atoms with Crippen LogP contribution in [-0.2, 0) is 6.42 Å². The molecular formula is C15H21N. The van der Waals surface area contributed by atoms with E-state index in [2.05, 4.69) is 49.6 Å². The van der Waals surface area contributed by atoms with E-state index in [4.69, 9.17) is 0 Å². The lowest BCUT2D eigenvalue weighted by atomic mass is 9.98. The summed E-state index contributed by atoms with van der Waals surface area (Å²) in [5, 5.41) is 3.44. The van der Waals surface area contributed by atoms with Crippen LogP contribution < -0.4 is 5.32 Å². The Morgan fingerprint density at radius 3 is 2.56 bits per heavy atom. The summed E-state index contributed by atoms with van der Waals surface area (Å²) in [4.78, 5) is 0. The van der Waals surface area contributed by atoms with Crippen molar-refractivity contribution in [1.29, 1.82) is 0 Å². The molecule has 0 aliphatic heterocycles. The number of benzene rings is 1. The zero-order valence-electron chi connectivity index (χ0n) is 10.3. The molecule has 0 bridgehead atoms. The number of likely N-dealkylation sites (N-methyl/N-ethyl adjacent to an activating group) is 1. The molecule has 16 heavy (non-hydrogen) atoms. The Labute approximate surface area is 98.6 Å². The van der Waals surface area contributed by atoms with Crippen molar-refractivity contribution >= 4 is 0 Å². The normalized spacial score (nSPS) is 17.2. The quantitative estimate of drug-likeness (QED) is 0.760. The van der Waals surface area contributed by atoms with Crippen LogP contribution in [0.3, 0.4) is 0 Å². The van der Waals surface area contributed by atoms with Gasteiger partial charge in [-0.1, -0.05) is 41.5 Å². The molecule has 1 aromatic carbocycles. The van der Waals surface area contributed by atoms with E-state index in [9.17, 15) is 0 Å². The smallest absolute Gasteiger partial charge is 0.0317 e. The van der Waals surface area contributed by atoms with E-state index in [0.717, 1.165) is 6.42 Å². The van der Waals surface area contributed by atoms with Crippen molar-refractivity contribution in [3.63, 3.8) is 0 Å². The average molecular weight is 215 g/mol. The van der Waals surface area contributed by atoms with E-state index < -0.39 is 0 Å². The third kappa shape index (κ3) is 2.73. The highest BCUT2D eigenvalue weighted by molar-refractivity contribution is 5.25. The maximum Gasteiger partial charge on any atom is 0.0317 e. The minimum atomic E-state index is 0.533. The molecule has 1 nitrogen and oxygen atoms in total. The van der Waals surface area contributed by atoms with E-state index in [1.807, 2.05) is 0 Å². The number of hydrogen-bond donors (Lipinski definition) is 1. The molecule has 1 aromatic rings. The minimum Gasteiger partial charge on any atom is -0.313 e. The van der Waals surface area contributed by atoms with Crippen molar-refractivity contribution < 1.29 is 0 Å². The molecular weight excluding hydrogens is 194 g/mol. The molecule has 1 atom stereocenters. The van der Waals surface area contributed by atoms with Gasteiger partial charge in [-0.15, -0.1) is 0 Å². The maximum absolute atomic E-state index is 3.44. The van der Waals surface area contributed by atoms with Gasteiger partial charge in [0.1, 0.15) is 0 Å². The number of nitrogens with one attached hydrogen (secondary N) is 1. The highest BCUT2D eigenvalue weighted by atomic mass is 14.9. The SMILES string of the molecule is CNC(Cc1ccc(C)cc1)C1=CCCC1. The summed E-state index contributed by atoms with van der Waals surface area (Å²) >= 11 is 0. The zero-order chi connectivity index (χ0) is 11.4. The number of aryl methyl sites for hydroxylation is 1. The van der Waals surface area contributed by atoms with Crippen LogP contribution >= 0.6 is 0 Å². The zero-order valence-corrected chi connectivity index (χ0v) is 10.3. The summed E-state index contributed by atoms with van der Waals surface area (Å²) in [7, 11) is 2.07. The van der Waals surface area contributed by atoms with Crippen LogP contribution in [0.1, 0.15) is 30.4 Å². The van der Waals surface area contributed by atoms with Gasteiger partial charge in [-0.25, -0.2) is 0 Å². The lowest BCUT2D eigenvalue weighted by molar-refractivity contribution is 0.615. The molecule has 86 valence electrons. The van der Waals surface area contributed by atoms with Crippen LogP contribution in [0.15, 0.2) is 35.9 Å². The van der Waals surface area contributed by atoms with Crippen LogP contribution in [0, 0.1) is 6.92 Å². The highest BCUT2D eigenvalue weighted by Crippen LogP contribution is 2.22. The fourth-order valence-corrected chi connectivity index (χ4v) is 2.39. The fourth-order valence-electron chi connectivity index (χ4n) is 2.39. The Hall–Kier alpha value is -1.08. The summed E-state index contributed by atoms with van der Waals surface area (Å²) in [6, 6.07) is 9.42. The van der Waals surface area contributed by atoms with Crippen molar-refractivity contribution in [3.05, 3.63) is 47.0 Å². The Morgan fingerprint density at radius 1 is 1.25 bits per heavy atom. The Morgan fingerprint density at radius 2 is 2.00 bits per heavy atom. The molecule has 1 unspecified atom stereocenters. The second-order valence-electron chi connectivity index (χ2n) is 4.70. The molecule has 0 amide bonds. The van der Waals surface area contributed by atoms with Crippen molar-refractivity contribution in [1.82, 2.24) is 5.32 Å². The van der Waals surface area contributed by atoms with E-state index in [-0.39, 0.29) is 0 Å². The molecule has 1 aliphatic carbocycles. The predicted octanol–water partition coefficient (Wildman–Crippen LogP) is 3.24. The van der Waals surface area contributed by atoms with Gasteiger partial charge in [-0.2, -0.15) is 0 Å². The monoisotopic (exact) mass is 215 g/mol. The Kier molecular flexibility index (Phi) is 3.79. The van der Waals surface area contributed by atoms with E-state index in [1.165, 1.54) is 30.4 Å². The Bertz CT molecular complexity index is 362. The van der Waals surface area contributed by atoms with Gasteiger partial charge < -0.3 is 5.32 Å². The maximum atomic E-state index is 3.44. The summed E-state index contributed by atoms with van der Waals surface area (Å²) in [6.07, 6.45) is 7.40. The Balaban J connectivity index is 2.03. The molecule has 0 heterocycles. The third-order valence-corrected chi connectivity index (χ3v) is 3.43. The lowest BCUT2D eigenvalue weighted by Gasteiger charge is -2.18. The third-order valence-electron chi connectivity index (χ3n) is 3.43. The van der Waals surface area contributed by atoms with Crippen LogP contribution in [0.2, 0.25) is 0 Å². The predicted molar refractivity (Wildman–Crippen MR) is 69.7 cm³/mol. The molecule has 0 fully saturated rings. The van der Waals surface area contributed by atoms with Crippen LogP contribution in [-0.4, -0.2) is 13.1 Å². The van der Waals surface area contributed by atoms with Gasteiger partial charge in [0.25, 0.3) is 0 Å². The second-order valence-corrected chi connectivity index (χ2v) is 4.70. The van der Waals surface area contributed by atoms with Crippen LogP contribution in [0.25, 0.3) is 0 Å². The van der Waals surface area contributed by atoms with Crippen molar-refractivity contribution in [3.8, 4) is 0 Å². The summed E-state index contributed by atoms with van der Waals surface area (Å²) in [5.41, 5.74) is 4.37. The standard InChI is InChI=1S/C15H21N/c1-12-7-9-13(10-8-12)11-15(16-2)14-5-3-4-6-14/h5,7-10,15-16H,3-4,6,11H2,1-2H3. The van der Waals surface area contributed by atoms with Crippen LogP contribution in [0.4, 0.5) is 0 Å². The summed E-state index contributed by atoms with van der Waals surface area (Å²) in [5.74, 6) is 0. The number of rotatable bonds is 4. The molecule has 0 spiro atoms. The first-order chi connectivity index (χ1) is 7.79. The molecule has 0 saturated carbocycles. The lowest BCUT2D eigenvalue weighted by Crippen LogP contribution is -2.29. The van der Waals surface area contributed by atoms with Crippen molar-refractivity contribution in [2.75, 3.05) is 7.05 Å². The average Bonchev–Trinajstić information content (AvgIpc) is 2.82. The topological polar surface area (TPSA) is 12.0 Å². The number of hydrogen-bond acceptors (Lipinski definition) is 1. The van der Waals surface area contributed by atoms with Crippen LogP contribution in [0.5, 0.6) is 0 Å². The first-order valence-corrected chi connectivity index (χ1v) is 6.21. The van der Waals surface area contributed by atoms with Crippen molar-refractivity contribution in [2.24, 2.45) is 0 Å². The van der Waals surface area contributed by atoms with E-state index in [1.54, 1.807) is 5.57 Å². The molecule has 0 saturated heterocycles. The first-order valence-electron chi connectivity index (χ1n) is 6.21. The van der Waals surface area contributed by atoms with Crippen molar-refractivity contribution in [2.45, 2.75) is 38.6 Å². The molecule has 0 radical (unpaired) electrons. The van der Waals surface area contributed by atoms with Gasteiger partial charge >= 0.3 is 0 Å². The molecule has 1 heteroatoms. The number of allylic oxidation sites excluding steroid dienone is 1. The fraction of sp³-hybridized carbons (Fsp3) is 0.467. The summed E-state index contributed by atoms with van der Waals surface area (Å²) in [6.45, 7) is 2.14. The highest BCUT2D eigenvalue weighted by Gasteiger charge is 2.15. The molecule has 1 N–H and O–H groups in total. The van der Waals surface area contributed by atoms with Gasteiger partial charge in [-0.3, -0.25) is 0 Å². The first kappa shape index (κ1) is 11.4.